The summed E-state index contributed by atoms with van der Waals surface area (Å²) in [4.78, 5) is 29.9. The van der Waals surface area contributed by atoms with Gasteiger partial charge in [0.2, 0.25) is 5.78 Å². The van der Waals surface area contributed by atoms with Crippen LogP contribution < -0.4 is 5.56 Å². The van der Waals surface area contributed by atoms with Crippen molar-refractivity contribution in [2.75, 3.05) is 0 Å². The van der Waals surface area contributed by atoms with Crippen LogP contribution >= 0.6 is 31.9 Å². The highest BCUT2D eigenvalue weighted by Gasteiger charge is 2.33. The molecule has 4 nitrogen and oxygen atoms in total. The summed E-state index contributed by atoms with van der Waals surface area (Å²) >= 11 is 6.39. The highest BCUT2D eigenvalue weighted by atomic mass is 79.9. The monoisotopic (exact) mass is 480 g/mol. The van der Waals surface area contributed by atoms with Gasteiger partial charge in [0.25, 0.3) is 5.56 Å². The van der Waals surface area contributed by atoms with Gasteiger partial charge in [-0.05, 0) is 57.3 Å². The largest absolute Gasteiger partial charge is 0.285 e. The van der Waals surface area contributed by atoms with Crippen molar-refractivity contribution in [3.63, 3.8) is 0 Å². The molecule has 0 spiro atoms. The zero-order valence-electron chi connectivity index (χ0n) is 14.4. The number of benzene rings is 1. The van der Waals surface area contributed by atoms with Crippen LogP contribution in [0, 0.1) is 5.82 Å². The fraction of sp³-hybridized carbons (Fsp3) is 0.211. The molecule has 26 heavy (non-hydrogen) atoms. The molecule has 7 heteroatoms. The fourth-order valence-electron chi connectivity index (χ4n) is 2.93. The van der Waals surface area contributed by atoms with Crippen LogP contribution in [0.3, 0.4) is 0 Å². The topological polar surface area (TPSA) is 52.0 Å². The lowest BCUT2D eigenvalue weighted by atomic mass is 10.1. The normalized spacial score (nSPS) is 15.3. The Morgan fingerprint density at radius 1 is 1.15 bits per heavy atom. The molecule has 0 N–H and O–H groups in total. The lowest BCUT2D eigenvalue weighted by Crippen LogP contribution is -2.23. The Labute approximate surface area is 166 Å². The Hall–Kier alpha value is -1.86. The molecule has 0 saturated carbocycles. The predicted octanol–water partition coefficient (Wildman–Crippen LogP) is 5.40. The lowest BCUT2D eigenvalue weighted by molar-refractivity contribution is 0.102. The van der Waals surface area contributed by atoms with Crippen LogP contribution in [0.2, 0.25) is 0 Å². The molecular weight excluding hydrogens is 467 g/mol. The van der Waals surface area contributed by atoms with Gasteiger partial charge in [0.1, 0.15) is 5.39 Å². The van der Waals surface area contributed by atoms with Crippen molar-refractivity contribution in [3.8, 4) is 0 Å². The minimum absolute atomic E-state index is 0.0255. The van der Waals surface area contributed by atoms with E-state index in [0.717, 1.165) is 5.57 Å². The first kappa shape index (κ1) is 18.9. The number of Topliss-reactive ketones (excluding diaryl/α,β-unsaturated/α-hetero) is 1. The second kappa shape index (κ2) is 7.04. The number of hydrogen-bond acceptors (Lipinski definition) is 3. The van der Waals surface area contributed by atoms with Crippen molar-refractivity contribution in [2.45, 2.75) is 27.2 Å². The fourth-order valence-corrected chi connectivity index (χ4v) is 4.18. The van der Waals surface area contributed by atoms with Crippen LogP contribution in [0.25, 0.3) is 16.6 Å². The molecule has 134 valence electrons. The molecule has 0 fully saturated rings. The van der Waals surface area contributed by atoms with Gasteiger partial charge in [-0.1, -0.05) is 31.6 Å². The second-order valence-corrected chi connectivity index (χ2v) is 7.34. The maximum absolute atomic E-state index is 14.5. The van der Waals surface area contributed by atoms with Crippen LogP contribution in [-0.4, -0.2) is 15.3 Å². The van der Waals surface area contributed by atoms with Gasteiger partial charge in [0, 0.05) is 10.0 Å². The van der Waals surface area contributed by atoms with Gasteiger partial charge >= 0.3 is 0 Å². The number of ketones is 1. The summed E-state index contributed by atoms with van der Waals surface area (Å²) in [5, 5.41) is -0.149. The SMILES string of the molecule is CC.CC1=CCC2=C(C=C1)n1c(nc3c(Br)cc(Br)c(F)c3c1=O)C2=O. The highest BCUT2D eigenvalue weighted by molar-refractivity contribution is 9.11. The van der Waals surface area contributed by atoms with E-state index in [0.29, 0.717) is 22.2 Å². The number of nitrogens with zero attached hydrogens (tertiary/aromatic N) is 2. The molecule has 0 radical (unpaired) electrons. The summed E-state index contributed by atoms with van der Waals surface area (Å²) in [5.74, 6) is -0.957. The molecule has 2 aromatic rings. The molecule has 1 aliphatic carbocycles. The average Bonchev–Trinajstić information content (AvgIpc) is 2.76. The summed E-state index contributed by atoms with van der Waals surface area (Å²) in [5.41, 5.74) is 1.53. The van der Waals surface area contributed by atoms with E-state index in [9.17, 15) is 14.0 Å². The summed E-state index contributed by atoms with van der Waals surface area (Å²) in [7, 11) is 0. The standard InChI is InChI=1S/C17H9Br2FN2O2.C2H6/c1-7-2-4-8-11(5-3-7)22-16(15(8)23)21-14-10(19)6-9(18)13(20)12(14)17(22)24;1-2/h2-3,5-6H,4H2,1H3;1-2H3. The van der Waals surface area contributed by atoms with E-state index in [4.69, 9.17) is 0 Å². The van der Waals surface area contributed by atoms with E-state index in [1.807, 2.05) is 32.9 Å². The molecular formula is C19H15Br2FN2O2. The third-order valence-electron chi connectivity index (χ3n) is 4.15. The summed E-state index contributed by atoms with van der Waals surface area (Å²) in [6.45, 7) is 5.92. The third kappa shape index (κ3) is 2.74. The van der Waals surface area contributed by atoms with E-state index >= 15 is 0 Å². The number of halogens is 3. The number of rotatable bonds is 0. The number of fused-ring (bicyclic) bond motifs is 3. The Bertz CT molecular complexity index is 1110. The number of carbonyl (C=O) groups excluding carboxylic acids is 1. The molecule has 2 aliphatic rings. The molecule has 4 rings (SSSR count). The maximum Gasteiger partial charge on any atom is 0.269 e. The maximum atomic E-state index is 14.5. The van der Waals surface area contributed by atoms with Gasteiger partial charge in [-0.2, -0.15) is 0 Å². The number of aromatic nitrogens is 2. The Morgan fingerprint density at radius 3 is 2.54 bits per heavy atom. The molecule has 1 aromatic heterocycles. The zero-order valence-corrected chi connectivity index (χ0v) is 17.5. The first-order valence-corrected chi connectivity index (χ1v) is 9.72. The third-order valence-corrected chi connectivity index (χ3v) is 5.33. The predicted molar refractivity (Wildman–Crippen MR) is 108 cm³/mol. The van der Waals surface area contributed by atoms with Gasteiger partial charge in [0.15, 0.2) is 11.6 Å². The molecule has 0 amide bonds. The van der Waals surface area contributed by atoms with Crippen LogP contribution in [-0.2, 0) is 0 Å². The van der Waals surface area contributed by atoms with Crippen molar-refractivity contribution in [3.05, 3.63) is 66.4 Å². The average molecular weight is 482 g/mol. The first-order valence-electron chi connectivity index (χ1n) is 8.13. The number of allylic oxidation sites excluding steroid dienone is 6. The molecule has 1 aromatic carbocycles. The van der Waals surface area contributed by atoms with Crippen LogP contribution in [0.15, 0.2) is 49.2 Å². The lowest BCUT2D eigenvalue weighted by Gasteiger charge is -2.09. The second-order valence-electron chi connectivity index (χ2n) is 5.63. The molecule has 1 aliphatic heterocycles. The number of hydrogen-bond donors (Lipinski definition) is 0. The van der Waals surface area contributed by atoms with Crippen molar-refractivity contribution >= 4 is 54.2 Å². The summed E-state index contributed by atoms with van der Waals surface area (Å²) < 4.78 is 16.3. The molecule has 0 saturated heterocycles. The van der Waals surface area contributed by atoms with Crippen molar-refractivity contribution in [1.82, 2.24) is 9.55 Å². The Kier molecular flexibility index (Phi) is 5.12. The summed E-state index contributed by atoms with van der Waals surface area (Å²) in [6.07, 6.45) is 5.87. The van der Waals surface area contributed by atoms with E-state index in [2.05, 4.69) is 36.8 Å². The smallest absolute Gasteiger partial charge is 0.269 e. The van der Waals surface area contributed by atoms with Gasteiger partial charge < -0.3 is 0 Å². The minimum Gasteiger partial charge on any atom is -0.285 e. The van der Waals surface area contributed by atoms with Crippen molar-refractivity contribution in [1.29, 1.82) is 0 Å². The van der Waals surface area contributed by atoms with Gasteiger partial charge in [-0.15, -0.1) is 0 Å². The van der Waals surface area contributed by atoms with Crippen molar-refractivity contribution < 1.29 is 9.18 Å². The van der Waals surface area contributed by atoms with E-state index in [1.54, 1.807) is 6.08 Å². The Balaban J connectivity index is 0.000000948. The first-order chi connectivity index (χ1) is 12.4. The van der Waals surface area contributed by atoms with Gasteiger partial charge in [0.05, 0.1) is 15.7 Å². The molecule has 0 atom stereocenters. The quantitative estimate of drug-likeness (QED) is 0.473. The van der Waals surface area contributed by atoms with Crippen molar-refractivity contribution in [2.24, 2.45) is 0 Å². The molecule has 2 heterocycles. The van der Waals surface area contributed by atoms with Crippen LogP contribution in [0.4, 0.5) is 4.39 Å². The van der Waals surface area contributed by atoms with Gasteiger partial charge in [-0.3, -0.25) is 14.2 Å². The van der Waals surface area contributed by atoms with Gasteiger partial charge in [-0.25, -0.2) is 9.37 Å². The van der Waals surface area contributed by atoms with Crippen LogP contribution in [0.5, 0.6) is 0 Å². The number of carbonyl (C=O) groups is 1. The zero-order chi connectivity index (χ0) is 19.2. The van der Waals surface area contributed by atoms with E-state index in [-0.39, 0.29) is 27.0 Å². The van der Waals surface area contributed by atoms with E-state index < -0.39 is 11.4 Å². The highest BCUT2D eigenvalue weighted by Crippen LogP contribution is 2.34. The summed E-state index contributed by atoms with van der Waals surface area (Å²) in [6, 6.07) is 1.48. The molecule has 0 unspecified atom stereocenters. The Morgan fingerprint density at radius 2 is 1.85 bits per heavy atom. The van der Waals surface area contributed by atoms with E-state index in [1.165, 1.54) is 10.6 Å². The minimum atomic E-state index is -0.686. The molecule has 0 bridgehead atoms. The van der Waals surface area contributed by atoms with Crippen LogP contribution in [0.1, 0.15) is 37.8 Å².